The first-order chi connectivity index (χ1) is 12.6. The van der Waals surface area contributed by atoms with Crippen molar-refractivity contribution in [1.82, 2.24) is 0 Å². The number of primary amides is 2. The molecule has 0 radical (unpaired) electrons. The van der Waals surface area contributed by atoms with Gasteiger partial charge in [0.05, 0.1) is 13.1 Å². The molecule has 0 saturated carbocycles. The zero-order valence-electron chi connectivity index (χ0n) is 15.4. The van der Waals surface area contributed by atoms with Crippen molar-refractivity contribution >= 4 is 34.4 Å². The standard InChI is InChI=1S/C20H24ClFN2O3/c1-20(2,27-19(24)26)14(7-8-22)9-12-3-4-13-5-6-17(21)16(11-18(23)25)15(13)10-12/h3-6,10,14H,7-9,11H2,1-2H3,(H2,23,25)(H2,24,26). The number of hydrogen-bond donors (Lipinski definition) is 2. The van der Waals surface area contributed by atoms with E-state index in [9.17, 15) is 14.0 Å². The lowest BCUT2D eigenvalue weighted by Gasteiger charge is -2.33. The number of alkyl halides is 1. The Hall–Kier alpha value is -2.34. The molecule has 2 rings (SSSR count). The normalized spacial score (nSPS) is 12.7. The Kier molecular flexibility index (Phi) is 6.65. The van der Waals surface area contributed by atoms with E-state index in [0.717, 1.165) is 16.3 Å². The molecule has 2 aromatic rings. The zero-order valence-corrected chi connectivity index (χ0v) is 16.2. The fraction of sp³-hybridized carbons (Fsp3) is 0.400. The summed E-state index contributed by atoms with van der Waals surface area (Å²) in [6.07, 6.45) is -0.160. The number of carbonyl (C=O) groups excluding carboxylic acids is 2. The number of halogens is 2. The molecular formula is C20H24ClFN2O3. The largest absolute Gasteiger partial charge is 0.443 e. The molecule has 5 nitrogen and oxygen atoms in total. The zero-order chi connectivity index (χ0) is 20.2. The van der Waals surface area contributed by atoms with Gasteiger partial charge in [0, 0.05) is 10.9 Å². The van der Waals surface area contributed by atoms with Gasteiger partial charge in [-0.05, 0) is 54.7 Å². The number of hydrogen-bond acceptors (Lipinski definition) is 3. The molecule has 146 valence electrons. The number of amides is 2. The summed E-state index contributed by atoms with van der Waals surface area (Å²) >= 11 is 6.26. The van der Waals surface area contributed by atoms with Crippen LogP contribution in [0.2, 0.25) is 5.02 Å². The summed E-state index contributed by atoms with van der Waals surface area (Å²) < 4.78 is 18.3. The Balaban J connectivity index is 2.42. The van der Waals surface area contributed by atoms with Crippen molar-refractivity contribution in [3.8, 4) is 0 Å². The topological polar surface area (TPSA) is 95.4 Å². The van der Waals surface area contributed by atoms with Gasteiger partial charge in [-0.2, -0.15) is 0 Å². The fourth-order valence-corrected chi connectivity index (χ4v) is 3.57. The minimum absolute atomic E-state index is 0.0316. The molecule has 0 aliphatic rings. The molecule has 7 heteroatoms. The van der Waals surface area contributed by atoms with Crippen LogP contribution in [0.3, 0.4) is 0 Å². The van der Waals surface area contributed by atoms with E-state index in [0.29, 0.717) is 17.0 Å². The van der Waals surface area contributed by atoms with Crippen molar-refractivity contribution < 1.29 is 18.7 Å². The van der Waals surface area contributed by atoms with Crippen LogP contribution in [0.5, 0.6) is 0 Å². The van der Waals surface area contributed by atoms with Crippen LogP contribution < -0.4 is 11.5 Å². The van der Waals surface area contributed by atoms with Crippen LogP contribution in [-0.2, 0) is 22.4 Å². The lowest BCUT2D eigenvalue weighted by molar-refractivity contribution is -0.117. The molecule has 0 aromatic heterocycles. The Morgan fingerprint density at radius 2 is 1.89 bits per heavy atom. The SMILES string of the molecule is CC(C)(OC(N)=O)C(CCF)Cc1ccc2ccc(Cl)c(CC(N)=O)c2c1. The number of fused-ring (bicyclic) bond motifs is 1. The van der Waals surface area contributed by atoms with Crippen LogP contribution in [0.1, 0.15) is 31.4 Å². The molecule has 1 atom stereocenters. The summed E-state index contributed by atoms with van der Waals surface area (Å²) in [6.45, 7) is 2.89. The van der Waals surface area contributed by atoms with Crippen molar-refractivity contribution in [2.75, 3.05) is 6.67 Å². The van der Waals surface area contributed by atoms with Crippen molar-refractivity contribution in [2.24, 2.45) is 17.4 Å². The highest BCUT2D eigenvalue weighted by Gasteiger charge is 2.32. The minimum Gasteiger partial charge on any atom is -0.443 e. The van der Waals surface area contributed by atoms with Crippen LogP contribution >= 0.6 is 11.6 Å². The molecule has 2 aromatic carbocycles. The monoisotopic (exact) mass is 394 g/mol. The predicted molar refractivity (Wildman–Crippen MR) is 104 cm³/mol. The van der Waals surface area contributed by atoms with E-state index in [-0.39, 0.29) is 18.8 Å². The average Bonchev–Trinajstić information content (AvgIpc) is 2.56. The van der Waals surface area contributed by atoms with E-state index >= 15 is 0 Å². The molecule has 2 amide bonds. The lowest BCUT2D eigenvalue weighted by atomic mass is 9.82. The third kappa shape index (κ3) is 5.32. The number of rotatable bonds is 8. The number of nitrogens with two attached hydrogens (primary N) is 2. The predicted octanol–water partition coefficient (Wildman–Crippen LogP) is 3.91. The molecule has 1 unspecified atom stereocenters. The summed E-state index contributed by atoms with van der Waals surface area (Å²) in [5.74, 6) is -0.743. The van der Waals surface area contributed by atoms with E-state index in [4.69, 9.17) is 27.8 Å². The first-order valence-corrected chi connectivity index (χ1v) is 9.04. The van der Waals surface area contributed by atoms with Crippen LogP contribution in [-0.4, -0.2) is 24.3 Å². The van der Waals surface area contributed by atoms with Gasteiger partial charge in [0.2, 0.25) is 5.91 Å². The second-order valence-corrected chi connectivity index (χ2v) is 7.53. The maximum atomic E-state index is 13.1. The summed E-state index contributed by atoms with van der Waals surface area (Å²) in [4.78, 5) is 22.6. The highest BCUT2D eigenvalue weighted by molar-refractivity contribution is 6.32. The lowest BCUT2D eigenvalue weighted by Crippen LogP contribution is -2.40. The van der Waals surface area contributed by atoms with Crippen LogP contribution in [0.4, 0.5) is 9.18 Å². The molecule has 0 bridgehead atoms. The fourth-order valence-electron chi connectivity index (χ4n) is 3.34. The number of benzene rings is 2. The van der Waals surface area contributed by atoms with E-state index in [2.05, 4.69) is 0 Å². The Labute approximate surface area is 162 Å². The van der Waals surface area contributed by atoms with E-state index < -0.39 is 24.3 Å². The summed E-state index contributed by atoms with van der Waals surface area (Å²) in [5, 5.41) is 2.22. The summed E-state index contributed by atoms with van der Waals surface area (Å²) in [7, 11) is 0. The second kappa shape index (κ2) is 8.57. The third-order valence-corrected chi connectivity index (χ3v) is 5.13. The van der Waals surface area contributed by atoms with E-state index in [1.165, 1.54) is 0 Å². The van der Waals surface area contributed by atoms with Crippen molar-refractivity contribution in [3.63, 3.8) is 0 Å². The van der Waals surface area contributed by atoms with E-state index in [1.54, 1.807) is 19.9 Å². The van der Waals surface area contributed by atoms with Gasteiger partial charge in [0.15, 0.2) is 0 Å². The number of carbonyl (C=O) groups is 2. The Bertz CT molecular complexity index is 854. The molecule has 0 saturated heterocycles. The second-order valence-electron chi connectivity index (χ2n) is 7.13. The Morgan fingerprint density at radius 3 is 2.48 bits per heavy atom. The van der Waals surface area contributed by atoms with Crippen LogP contribution in [0, 0.1) is 5.92 Å². The highest BCUT2D eigenvalue weighted by Crippen LogP contribution is 2.32. The van der Waals surface area contributed by atoms with Gasteiger partial charge in [-0.1, -0.05) is 35.9 Å². The molecule has 0 aliphatic carbocycles. The molecule has 0 fully saturated rings. The van der Waals surface area contributed by atoms with Crippen molar-refractivity contribution in [3.05, 3.63) is 46.5 Å². The quantitative estimate of drug-likeness (QED) is 0.710. The van der Waals surface area contributed by atoms with Gasteiger partial charge in [-0.3, -0.25) is 9.18 Å². The van der Waals surface area contributed by atoms with E-state index in [1.807, 2.05) is 24.3 Å². The molecular weight excluding hydrogens is 371 g/mol. The van der Waals surface area contributed by atoms with Gasteiger partial charge in [-0.25, -0.2) is 4.79 Å². The summed E-state index contributed by atoms with van der Waals surface area (Å²) in [6, 6.07) is 9.36. The van der Waals surface area contributed by atoms with Crippen LogP contribution in [0.15, 0.2) is 30.3 Å². The van der Waals surface area contributed by atoms with Crippen molar-refractivity contribution in [2.45, 2.75) is 38.7 Å². The summed E-state index contributed by atoms with van der Waals surface area (Å²) in [5.41, 5.74) is 11.2. The van der Waals surface area contributed by atoms with Crippen LogP contribution in [0.25, 0.3) is 10.8 Å². The molecule has 0 aliphatic heterocycles. The molecule has 4 N–H and O–H groups in total. The third-order valence-electron chi connectivity index (χ3n) is 4.78. The molecule has 27 heavy (non-hydrogen) atoms. The first-order valence-electron chi connectivity index (χ1n) is 8.66. The van der Waals surface area contributed by atoms with Gasteiger partial charge < -0.3 is 16.2 Å². The Morgan fingerprint density at radius 1 is 1.22 bits per heavy atom. The maximum absolute atomic E-state index is 13.1. The minimum atomic E-state index is -0.919. The highest BCUT2D eigenvalue weighted by atomic mass is 35.5. The van der Waals surface area contributed by atoms with Gasteiger partial charge >= 0.3 is 6.09 Å². The molecule has 0 spiro atoms. The molecule has 0 heterocycles. The number of ether oxygens (including phenoxy) is 1. The first kappa shape index (κ1) is 21.0. The average molecular weight is 395 g/mol. The smallest absolute Gasteiger partial charge is 0.405 e. The van der Waals surface area contributed by atoms with Gasteiger partial charge in [0.1, 0.15) is 5.60 Å². The van der Waals surface area contributed by atoms with Crippen molar-refractivity contribution in [1.29, 1.82) is 0 Å². The van der Waals surface area contributed by atoms with Gasteiger partial charge in [0.25, 0.3) is 0 Å². The van der Waals surface area contributed by atoms with Gasteiger partial charge in [-0.15, -0.1) is 0 Å². The maximum Gasteiger partial charge on any atom is 0.405 e.